The van der Waals surface area contributed by atoms with E-state index in [1.165, 1.54) is 17.0 Å². The van der Waals surface area contributed by atoms with Crippen molar-refractivity contribution >= 4 is 29.6 Å². The van der Waals surface area contributed by atoms with Crippen molar-refractivity contribution in [1.29, 1.82) is 0 Å². The zero-order valence-electron chi connectivity index (χ0n) is 17.8. The minimum absolute atomic E-state index is 0.0168. The van der Waals surface area contributed by atoms with Gasteiger partial charge in [0.1, 0.15) is 6.61 Å². The fraction of sp³-hybridized carbons (Fsp3) is 0.333. The van der Waals surface area contributed by atoms with Crippen LogP contribution in [-0.2, 0) is 25.7 Å². The lowest BCUT2D eigenvalue weighted by Gasteiger charge is -2.14. The Labute approximate surface area is 188 Å². The number of alkyl carbamates (subject to hydrolysis) is 1. The molecule has 0 unspecified atom stereocenters. The fourth-order valence-corrected chi connectivity index (χ4v) is 3.12. The van der Waals surface area contributed by atoms with Gasteiger partial charge in [-0.3, -0.25) is 9.69 Å². The molecule has 2 heterocycles. The summed E-state index contributed by atoms with van der Waals surface area (Å²) < 4.78 is 15.0. The summed E-state index contributed by atoms with van der Waals surface area (Å²) in [6, 6.07) is 11.2. The number of anilines is 1. The molecule has 174 valence electrons. The number of aromatic nitrogens is 1. The minimum atomic E-state index is -0.777. The van der Waals surface area contributed by atoms with Gasteiger partial charge in [-0.25, -0.2) is 9.59 Å². The number of nitrogens with one attached hydrogen (secondary N) is 1. The van der Waals surface area contributed by atoms with Gasteiger partial charge in [-0.2, -0.15) is 0 Å². The maximum absolute atomic E-state index is 12.4. The third kappa shape index (κ3) is 6.38. The summed E-state index contributed by atoms with van der Waals surface area (Å²) in [4.78, 5) is 51.7. The average molecular weight is 458 g/mol. The number of carbonyl (C=O) groups excluding carboxylic acids is 3. The quantitative estimate of drug-likeness (QED) is 0.338. The van der Waals surface area contributed by atoms with Crippen molar-refractivity contribution in [3.05, 3.63) is 58.1 Å². The van der Waals surface area contributed by atoms with Crippen LogP contribution in [0.4, 0.5) is 16.4 Å². The van der Waals surface area contributed by atoms with Crippen LogP contribution in [0.25, 0.3) is 0 Å². The number of nitro groups is 1. The van der Waals surface area contributed by atoms with Crippen molar-refractivity contribution in [2.24, 2.45) is 0 Å². The highest BCUT2D eigenvalue weighted by molar-refractivity contribution is 5.96. The van der Waals surface area contributed by atoms with E-state index >= 15 is 0 Å². The highest BCUT2D eigenvalue weighted by Crippen LogP contribution is 2.29. The number of carbonyl (C=O) groups is 3. The molecule has 1 aromatic heterocycles. The third-order valence-corrected chi connectivity index (χ3v) is 4.58. The van der Waals surface area contributed by atoms with Crippen molar-refractivity contribution in [2.75, 3.05) is 24.7 Å². The summed E-state index contributed by atoms with van der Waals surface area (Å²) in [5, 5.41) is 14.0. The van der Waals surface area contributed by atoms with Crippen LogP contribution in [-0.4, -0.2) is 53.7 Å². The van der Waals surface area contributed by atoms with Crippen LogP contribution in [0.15, 0.2) is 42.5 Å². The fourth-order valence-electron chi connectivity index (χ4n) is 3.12. The van der Waals surface area contributed by atoms with Crippen molar-refractivity contribution in [2.45, 2.75) is 26.0 Å². The summed E-state index contributed by atoms with van der Waals surface area (Å²) in [7, 11) is 0. The Morgan fingerprint density at radius 2 is 1.97 bits per heavy atom. The third-order valence-electron chi connectivity index (χ3n) is 4.58. The molecule has 1 saturated heterocycles. The van der Waals surface area contributed by atoms with Gasteiger partial charge in [0, 0.05) is 12.5 Å². The van der Waals surface area contributed by atoms with Crippen LogP contribution >= 0.6 is 0 Å². The van der Waals surface area contributed by atoms with Gasteiger partial charge in [-0.1, -0.05) is 30.3 Å². The molecule has 0 spiro atoms. The van der Waals surface area contributed by atoms with Crippen LogP contribution in [0.1, 0.15) is 18.9 Å². The number of rotatable bonds is 9. The Morgan fingerprint density at radius 1 is 1.21 bits per heavy atom. The van der Waals surface area contributed by atoms with E-state index in [0.29, 0.717) is 0 Å². The Morgan fingerprint density at radius 3 is 2.67 bits per heavy atom. The molecule has 33 heavy (non-hydrogen) atoms. The van der Waals surface area contributed by atoms with E-state index in [4.69, 9.17) is 14.2 Å². The van der Waals surface area contributed by atoms with Gasteiger partial charge in [-0.15, -0.1) is 0 Å². The van der Waals surface area contributed by atoms with E-state index in [-0.39, 0.29) is 43.7 Å². The van der Waals surface area contributed by atoms with Gasteiger partial charge >= 0.3 is 17.9 Å². The lowest BCUT2D eigenvalue weighted by molar-refractivity contribution is -0.390. The molecule has 1 N–H and O–H groups in total. The van der Waals surface area contributed by atoms with Gasteiger partial charge in [0.05, 0.1) is 19.2 Å². The zero-order valence-corrected chi connectivity index (χ0v) is 17.8. The van der Waals surface area contributed by atoms with Gasteiger partial charge in [-0.05, 0) is 28.5 Å². The molecule has 1 atom stereocenters. The maximum Gasteiger partial charge on any atom is 0.408 e. The number of amides is 2. The minimum Gasteiger partial charge on any atom is -0.474 e. The predicted octanol–water partition coefficient (Wildman–Crippen LogP) is 1.96. The number of esters is 1. The number of ether oxygens (including phenoxy) is 3. The number of pyridine rings is 1. The van der Waals surface area contributed by atoms with Gasteiger partial charge < -0.3 is 29.6 Å². The second kappa shape index (κ2) is 10.9. The first-order chi connectivity index (χ1) is 15.9. The molecule has 0 radical (unpaired) electrons. The molecule has 12 heteroatoms. The normalized spacial score (nSPS) is 15.1. The first kappa shape index (κ1) is 23.4. The lowest BCUT2D eigenvalue weighted by Crippen LogP contribution is -2.37. The molecular formula is C21H22N4O8. The summed E-state index contributed by atoms with van der Waals surface area (Å²) in [6.07, 6.45) is -0.697. The van der Waals surface area contributed by atoms with Gasteiger partial charge in [0.25, 0.3) is 5.82 Å². The summed E-state index contributed by atoms with van der Waals surface area (Å²) in [5.41, 5.74) is 0.818. The number of hydrogen-bond donors (Lipinski definition) is 1. The smallest absolute Gasteiger partial charge is 0.408 e. The molecule has 1 aliphatic heterocycles. The summed E-state index contributed by atoms with van der Waals surface area (Å²) in [6.45, 7) is 1.39. The Kier molecular flexibility index (Phi) is 7.73. The summed E-state index contributed by atoms with van der Waals surface area (Å²) in [5.74, 6) is -1.91. The average Bonchev–Trinajstić information content (AvgIpc) is 3.16. The summed E-state index contributed by atoms with van der Waals surface area (Å²) >= 11 is 0. The number of benzene rings is 1. The van der Waals surface area contributed by atoms with Crippen LogP contribution in [0, 0.1) is 10.1 Å². The van der Waals surface area contributed by atoms with Crippen molar-refractivity contribution in [1.82, 2.24) is 10.3 Å². The molecule has 1 aliphatic rings. The molecule has 0 saturated carbocycles. The molecule has 0 bridgehead atoms. The SMILES string of the molecule is CCOC(=O)COc1ccc(N2C[C@H](NC(=O)OCc3ccccc3)CC2=O)nc1[N+](=O)[O-]. The lowest BCUT2D eigenvalue weighted by atomic mass is 10.2. The van der Waals surface area contributed by atoms with Crippen LogP contribution in [0.3, 0.4) is 0 Å². The highest BCUT2D eigenvalue weighted by Gasteiger charge is 2.35. The van der Waals surface area contributed by atoms with Crippen LogP contribution in [0.5, 0.6) is 5.75 Å². The molecular weight excluding hydrogens is 436 g/mol. The number of nitrogens with zero attached hydrogens (tertiary/aromatic N) is 3. The molecule has 2 amide bonds. The first-order valence-electron chi connectivity index (χ1n) is 10.1. The molecule has 1 fully saturated rings. The first-order valence-corrected chi connectivity index (χ1v) is 10.1. The zero-order chi connectivity index (χ0) is 23.8. The Balaban J connectivity index is 1.61. The maximum atomic E-state index is 12.4. The molecule has 2 aromatic rings. The molecule has 0 aliphatic carbocycles. The number of hydrogen-bond acceptors (Lipinski definition) is 9. The van der Waals surface area contributed by atoms with Crippen LogP contribution < -0.4 is 15.0 Å². The second-order valence-electron chi connectivity index (χ2n) is 6.95. The Hall–Kier alpha value is -4.22. The topological polar surface area (TPSA) is 150 Å². The van der Waals surface area contributed by atoms with Crippen LogP contribution in [0.2, 0.25) is 0 Å². The van der Waals surface area contributed by atoms with Gasteiger partial charge in [0.2, 0.25) is 11.7 Å². The van der Waals surface area contributed by atoms with E-state index in [9.17, 15) is 24.5 Å². The van der Waals surface area contributed by atoms with Crippen molar-refractivity contribution in [3.63, 3.8) is 0 Å². The van der Waals surface area contributed by atoms with E-state index in [0.717, 1.165) is 5.56 Å². The highest BCUT2D eigenvalue weighted by atomic mass is 16.6. The van der Waals surface area contributed by atoms with Crippen molar-refractivity contribution in [3.8, 4) is 5.75 Å². The second-order valence-corrected chi connectivity index (χ2v) is 6.95. The van der Waals surface area contributed by atoms with Crippen molar-refractivity contribution < 1.29 is 33.5 Å². The van der Waals surface area contributed by atoms with E-state index in [1.807, 2.05) is 30.3 Å². The predicted molar refractivity (Wildman–Crippen MR) is 114 cm³/mol. The molecule has 3 rings (SSSR count). The van der Waals surface area contributed by atoms with Gasteiger partial charge in [0.15, 0.2) is 6.61 Å². The molecule has 1 aromatic carbocycles. The van der Waals surface area contributed by atoms with E-state index < -0.39 is 35.5 Å². The Bertz CT molecular complexity index is 1030. The standard InChI is InChI=1S/C21H22N4O8/c1-2-31-19(27)13-32-16-8-9-17(23-20(16)25(29)30)24-11-15(10-18(24)26)22-21(28)33-12-14-6-4-3-5-7-14/h3-9,15H,2,10-13H2,1H3,(H,22,28)/t15-/m1/s1. The van der Waals surface area contributed by atoms with E-state index in [1.54, 1.807) is 6.92 Å². The molecule has 12 nitrogen and oxygen atoms in total. The van der Waals surface area contributed by atoms with E-state index in [2.05, 4.69) is 10.3 Å². The monoisotopic (exact) mass is 458 g/mol. The largest absolute Gasteiger partial charge is 0.474 e.